The van der Waals surface area contributed by atoms with Crippen LogP contribution in [0.2, 0.25) is 0 Å². The molecule has 1 aromatic carbocycles. The standard InChI is InChI=1S/C14H22FN3O/c1-2-18(13-9-7-12(15)8-10-13)11-5-3-4-6-14(19)17-16/h7-10H,2-6,11,16H2,1H3,(H,17,19). The van der Waals surface area contributed by atoms with Gasteiger partial charge in [-0.05, 0) is 44.0 Å². The first-order valence-corrected chi connectivity index (χ1v) is 6.67. The molecule has 106 valence electrons. The molecule has 0 aliphatic heterocycles. The lowest BCUT2D eigenvalue weighted by Crippen LogP contribution is -2.29. The van der Waals surface area contributed by atoms with Gasteiger partial charge in [-0.2, -0.15) is 0 Å². The summed E-state index contributed by atoms with van der Waals surface area (Å²) in [5.41, 5.74) is 3.15. The van der Waals surface area contributed by atoms with E-state index in [1.54, 1.807) is 12.1 Å². The molecule has 1 rings (SSSR count). The SMILES string of the molecule is CCN(CCCCCC(=O)NN)c1ccc(F)cc1. The Kier molecular flexibility index (Phi) is 6.89. The summed E-state index contributed by atoms with van der Waals surface area (Å²) in [6, 6.07) is 6.54. The van der Waals surface area contributed by atoms with E-state index in [0.717, 1.165) is 38.0 Å². The molecule has 1 amide bonds. The third-order valence-corrected chi connectivity index (χ3v) is 3.07. The molecule has 0 aliphatic carbocycles. The van der Waals surface area contributed by atoms with E-state index in [0.29, 0.717) is 6.42 Å². The summed E-state index contributed by atoms with van der Waals surface area (Å²) in [6.45, 7) is 3.87. The summed E-state index contributed by atoms with van der Waals surface area (Å²) in [4.78, 5) is 13.1. The van der Waals surface area contributed by atoms with Crippen molar-refractivity contribution in [1.82, 2.24) is 5.43 Å². The molecule has 0 unspecified atom stereocenters. The van der Waals surface area contributed by atoms with Crippen LogP contribution in [0.25, 0.3) is 0 Å². The maximum Gasteiger partial charge on any atom is 0.233 e. The van der Waals surface area contributed by atoms with E-state index in [1.165, 1.54) is 12.1 Å². The van der Waals surface area contributed by atoms with Crippen LogP contribution >= 0.6 is 0 Å². The Bertz CT molecular complexity index is 381. The van der Waals surface area contributed by atoms with Crippen LogP contribution in [0.4, 0.5) is 10.1 Å². The van der Waals surface area contributed by atoms with Crippen molar-refractivity contribution in [1.29, 1.82) is 0 Å². The lowest BCUT2D eigenvalue weighted by molar-refractivity contribution is -0.121. The second-order valence-corrected chi connectivity index (χ2v) is 4.43. The topological polar surface area (TPSA) is 58.4 Å². The van der Waals surface area contributed by atoms with Gasteiger partial charge in [-0.15, -0.1) is 0 Å². The van der Waals surface area contributed by atoms with Gasteiger partial charge in [-0.25, -0.2) is 10.2 Å². The lowest BCUT2D eigenvalue weighted by Gasteiger charge is -2.23. The van der Waals surface area contributed by atoms with E-state index < -0.39 is 0 Å². The van der Waals surface area contributed by atoms with Gasteiger partial charge in [0, 0.05) is 25.2 Å². The van der Waals surface area contributed by atoms with Crippen LogP contribution in [0.1, 0.15) is 32.6 Å². The number of halogens is 1. The van der Waals surface area contributed by atoms with Gasteiger partial charge in [0.2, 0.25) is 5.91 Å². The zero-order chi connectivity index (χ0) is 14.1. The number of anilines is 1. The minimum atomic E-state index is -0.215. The second kappa shape index (κ2) is 8.48. The van der Waals surface area contributed by atoms with Crippen LogP contribution in [0, 0.1) is 5.82 Å². The van der Waals surface area contributed by atoms with Gasteiger partial charge in [0.15, 0.2) is 0 Å². The number of unbranched alkanes of at least 4 members (excludes halogenated alkanes) is 2. The zero-order valence-electron chi connectivity index (χ0n) is 11.4. The van der Waals surface area contributed by atoms with Gasteiger partial charge < -0.3 is 4.90 Å². The van der Waals surface area contributed by atoms with Crippen molar-refractivity contribution in [2.45, 2.75) is 32.6 Å². The molecular formula is C14H22FN3O. The molecule has 0 aliphatic rings. The molecule has 4 nitrogen and oxygen atoms in total. The van der Waals surface area contributed by atoms with E-state index in [1.807, 2.05) is 0 Å². The molecule has 0 atom stereocenters. The number of carbonyl (C=O) groups is 1. The van der Waals surface area contributed by atoms with Crippen molar-refractivity contribution >= 4 is 11.6 Å². The van der Waals surface area contributed by atoms with Crippen LogP contribution in [0.3, 0.4) is 0 Å². The first-order chi connectivity index (χ1) is 9.17. The normalized spacial score (nSPS) is 10.3. The molecule has 0 bridgehead atoms. The average Bonchev–Trinajstić information content (AvgIpc) is 2.43. The van der Waals surface area contributed by atoms with Crippen molar-refractivity contribution in [2.75, 3.05) is 18.0 Å². The number of hydrogen-bond acceptors (Lipinski definition) is 3. The van der Waals surface area contributed by atoms with Crippen molar-refractivity contribution < 1.29 is 9.18 Å². The molecule has 1 aromatic rings. The molecule has 0 aromatic heterocycles. The molecule has 3 N–H and O–H groups in total. The summed E-state index contributed by atoms with van der Waals surface area (Å²) in [7, 11) is 0. The minimum absolute atomic E-state index is 0.120. The molecule has 0 heterocycles. The van der Waals surface area contributed by atoms with Crippen molar-refractivity contribution in [3.05, 3.63) is 30.1 Å². The fourth-order valence-electron chi connectivity index (χ4n) is 1.96. The van der Waals surface area contributed by atoms with Crippen molar-refractivity contribution in [2.24, 2.45) is 5.84 Å². The summed E-state index contributed by atoms with van der Waals surface area (Å²) >= 11 is 0. The number of hydrazine groups is 1. The Hall–Kier alpha value is -1.62. The Labute approximate surface area is 113 Å². The summed E-state index contributed by atoms with van der Waals surface area (Å²) < 4.78 is 12.8. The Morgan fingerprint density at radius 1 is 1.26 bits per heavy atom. The predicted molar refractivity (Wildman–Crippen MR) is 75.1 cm³/mol. The Morgan fingerprint density at radius 2 is 1.95 bits per heavy atom. The maximum atomic E-state index is 12.8. The van der Waals surface area contributed by atoms with Crippen molar-refractivity contribution in [3.8, 4) is 0 Å². The molecule has 19 heavy (non-hydrogen) atoms. The van der Waals surface area contributed by atoms with Gasteiger partial charge in [-0.1, -0.05) is 6.42 Å². The van der Waals surface area contributed by atoms with Crippen LogP contribution in [-0.2, 0) is 4.79 Å². The number of nitrogens with one attached hydrogen (secondary N) is 1. The first kappa shape index (κ1) is 15.4. The van der Waals surface area contributed by atoms with Crippen molar-refractivity contribution in [3.63, 3.8) is 0 Å². The molecule has 0 fully saturated rings. The van der Waals surface area contributed by atoms with E-state index in [9.17, 15) is 9.18 Å². The van der Waals surface area contributed by atoms with E-state index in [-0.39, 0.29) is 11.7 Å². The molecule has 0 saturated heterocycles. The number of amides is 1. The third-order valence-electron chi connectivity index (χ3n) is 3.07. The molecule has 0 radical (unpaired) electrons. The van der Waals surface area contributed by atoms with Crippen LogP contribution in [0.15, 0.2) is 24.3 Å². The smallest absolute Gasteiger partial charge is 0.233 e. The number of rotatable bonds is 8. The Balaban J connectivity index is 2.29. The minimum Gasteiger partial charge on any atom is -0.372 e. The van der Waals surface area contributed by atoms with E-state index in [4.69, 9.17) is 5.84 Å². The number of hydrogen-bond donors (Lipinski definition) is 2. The van der Waals surface area contributed by atoms with Crippen LogP contribution in [-0.4, -0.2) is 19.0 Å². The van der Waals surface area contributed by atoms with Gasteiger partial charge in [0.05, 0.1) is 0 Å². The first-order valence-electron chi connectivity index (χ1n) is 6.67. The van der Waals surface area contributed by atoms with E-state index in [2.05, 4.69) is 17.2 Å². The molecule has 0 saturated carbocycles. The largest absolute Gasteiger partial charge is 0.372 e. The molecule has 5 heteroatoms. The fraction of sp³-hybridized carbons (Fsp3) is 0.500. The highest BCUT2D eigenvalue weighted by Gasteiger charge is 2.04. The highest BCUT2D eigenvalue weighted by Crippen LogP contribution is 2.15. The lowest BCUT2D eigenvalue weighted by atomic mass is 10.1. The predicted octanol–water partition coefficient (Wildman–Crippen LogP) is 2.20. The number of carbonyl (C=O) groups excluding carboxylic acids is 1. The summed E-state index contributed by atoms with van der Waals surface area (Å²) in [6.07, 6.45) is 3.29. The number of nitrogens with two attached hydrogens (primary N) is 1. The number of benzene rings is 1. The van der Waals surface area contributed by atoms with Crippen LogP contribution < -0.4 is 16.2 Å². The molecule has 0 spiro atoms. The number of nitrogens with zero attached hydrogens (tertiary/aromatic N) is 1. The monoisotopic (exact) mass is 267 g/mol. The van der Waals surface area contributed by atoms with Gasteiger partial charge in [0.1, 0.15) is 5.82 Å². The summed E-state index contributed by atoms with van der Waals surface area (Å²) in [5, 5.41) is 0. The second-order valence-electron chi connectivity index (χ2n) is 4.43. The van der Waals surface area contributed by atoms with Gasteiger partial charge >= 0.3 is 0 Å². The highest BCUT2D eigenvalue weighted by molar-refractivity contribution is 5.75. The third kappa shape index (κ3) is 5.70. The Morgan fingerprint density at radius 3 is 2.53 bits per heavy atom. The fourth-order valence-corrected chi connectivity index (χ4v) is 1.96. The van der Waals surface area contributed by atoms with Crippen LogP contribution in [0.5, 0.6) is 0 Å². The average molecular weight is 267 g/mol. The van der Waals surface area contributed by atoms with E-state index >= 15 is 0 Å². The quantitative estimate of drug-likeness (QED) is 0.328. The maximum absolute atomic E-state index is 12.8. The van der Waals surface area contributed by atoms with Gasteiger partial charge in [-0.3, -0.25) is 10.2 Å². The highest BCUT2D eigenvalue weighted by atomic mass is 19.1. The van der Waals surface area contributed by atoms with Gasteiger partial charge in [0.25, 0.3) is 0 Å². The molecular weight excluding hydrogens is 245 g/mol. The zero-order valence-corrected chi connectivity index (χ0v) is 11.4. The summed E-state index contributed by atoms with van der Waals surface area (Å²) in [5.74, 6) is 4.67.